The number of carbonyl (C=O) groups is 1. The molecule has 1 heterocycles. The second-order valence-corrected chi connectivity index (χ2v) is 5.86. The largest absolute Gasteiger partial charge is 0.352 e. The van der Waals surface area contributed by atoms with E-state index >= 15 is 0 Å². The zero-order valence-corrected chi connectivity index (χ0v) is 12.7. The molecule has 0 aliphatic carbocycles. The Kier molecular flexibility index (Phi) is 4.96. The van der Waals surface area contributed by atoms with Gasteiger partial charge < -0.3 is 10.6 Å². The first kappa shape index (κ1) is 14.9. The van der Waals surface area contributed by atoms with Gasteiger partial charge in [-0.3, -0.25) is 4.79 Å². The first-order valence-corrected chi connectivity index (χ1v) is 7.28. The second kappa shape index (κ2) is 6.31. The minimum absolute atomic E-state index is 0.0415. The SMILES string of the molecule is CC(NCC1CCC(=O)N1)c1ccc(Cl)c(Cl)c1Cl. The van der Waals surface area contributed by atoms with Crippen LogP contribution >= 0.6 is 34.8 Å². The van der Waals surface area contributed by atoms with Gasteiger partial charge in [0.05, 0.1) is 15.1 Å². The van der Waals surface area contributed by atoms with E-state index in [2.05, 4.69) is 10.6 Å². The molecule has 1 amide bonds. The molecule has 1 aromatic carbocycles. The van der Waals surface area contributed by atoms with Crippen molar-refractivity contribution in [3.63, 3.8) is 0 Å². The topological polar surface area (TPSA) is 41.1 Å². The van der Waals surface area contributed by atoms with Crippen molar-refractivity contribution in [2.24, 2.45) is 0 Å². The van der Waals surface area contributed by atoms with E-state index in [1.54, 1.807) is 6.07 Å². The molecule has 0 aromatic heterocycles. The quantitative estimate of drug-likeness (QED) is 0.832. The van der Waals surface area contributed by atoms with Gasteiger partial charge >= 0.3 is 0 Å². The summed E-state index contributed by atoms with van der Waals surface area (Å²) in [7, 11) is 0. The summed E-state index contributed by atoms with van der Waals surface area (Å²) < 4.78 is 0. The molecule has 2 N–H and O–H groups in total. The monoisotopic (exact) mass is 320 g/mol. The van der Waals surface area contributed by atoms with Crippen molar-refractivity contribution in [3.8, 4) is 0 Å². The molecule has 0 bridgehead atoms. The molecule has 0 saturated carbocycles. The summed E-state index contributed by atoms with van der Waals surface area (Å²) in [5, 5.41) is 7.57. The molecular formula is C13H15Cl3N2O. The van der Waals surface area contributed by atoms with Crippen LogP contribution in [0, 0.1) is 0 Å². The fraction of sp³-hybridized carbons (Fsp3) is 0.462. The van der Waals surface area contributed by atoms with Crippen LogP contribution in [0.3, 0.4) is 0 Å². The Hall–Kier alpha value is -0.480. The predicted octanol–water partition coefficient (Wildman–Crippen LogP) is 3.58. The van der Waals surface area contributed by atoms with Crippen molar-refractivity contribution in [1.29, 1.82) is 0 Å². The predicted molar refractivity (Wildman–Crippen MR) is 79.1 cm³/mol. The Morgan fingerprint density at radius 1 is 1.37 bits per heavy atom. The lowest BCUT2D eigenvalue weighted by Gasteiger charge is -2.19. The van der Waals surface area contributed by atoms with Crippen LogP contribution in [-0.4, -0.2) is 18.5 Å². The van der Waals surface area contributed by atoms with E-state index in [4.69, 9.17) is 34.8 Å². The maximum atomic E-state index is 11.1. The van der Waals surface area contributed by atoms with Crippen LogP contribution in [-0.2, 0) is 4.79 Å². The number of benzene rings is 1. The summed E-state index contributed by atoms with van der Waals surface area (Å²) in [6, 6.07) is 3.83. The second-order valence-electron chi connectivity index (χ2n) is 4.70. The van der Waals surface area contributed by atoms with Crippen LogP contribution < -0.4 is 10.6 Å². The average Bonchev–Trinajstić information content (AvgIpc) is 2.79. The maximum Gasteiger partial charge on any atom is 0.220 e. The van der Waals surface area contributed by atoms with Crippen LogP contribution in [0.1, 0.15) is 31.4 Å². The van der Waals surface area contributed by atoms with Crippen molar-refractivity contribution < 1.29 is 4.79 Å². The molecule has 1 saturated heterocycles. The standard InChI is InChI=1S/C13H15Cl3N2O/c1-7(17-6-8-2-5-11(19)18-8)9-3-4-10(14)13(16)12(9)15/h3-4,7-8,17H,2,5-6H2,1H3,(H,18,19). The minimum atomic E-state index is 0.0415. The van der Waals surface area contributed by atoms with E-state index in [9.17, 15) is 4.79 Å². The van der Waals surface area contributed by atoms with Crippen molar-refractivity contribution in [1.82, 2.24) is 10.6 Å². The molecule has 19 heavy (non-hydrogen) atoms. The molecule has 3 nitrogen and oxygen atoms in total. The highest BCUT2D eigenvalue weighted by molar-refractivity contribution is 6.48. The summed E-state index contributed by atoms with van der Waals surface area (Å²) in [5.41, 5.74) is 0.903. The van der Waals surface area contributed by atoms with E-state index in [1.807, 2.05) is 13.0 Å². The lowest BCUT2D eigenvalue weighted by molar-refractivity contribution is -0.119. The van der Waals surface area contributed by atoms with Crippen molar-refractivity contribution in [3.05, 3.63) is 32.8 Å². The Morgan fingerprint density at radius 2 is 2.11 bits per heavy atom. The fourth-order valence-electron chi connectivity index (χ4n) is 2.13. The molecule has 6 heteroatoms. The molecule has 0 radical (unpaired) electrons. The van der Waals surface area contributed by atoms with Crippen LogP contribution in [0.4, 0.5) is 0 Å². The van der Waals surface area contributed by atoms with Gasteiger partial charge in [0.15, 0.2) is 0 Å². The van der Waals surface area contributed by atoms with E-state index in [0.717, 1.165) is 12.0 Å². The fourth-order valence-corrected chi connectivity index (χ4v) is 2.84. The third-order valence-electron chi connectivity index (χ3n) is 3.29. The highest BCUT2D eigenvalue weighted by atomic mass is 35.5. The number of carbonyl (C=O) groups excluding carboxylic acids is 1. The Labute approximate surface area is 127 Å². The van der Waals surface area contributed by atoms with Crippen LogP contribution in [0.25, 0.3) is 0 Å². The van der Waals surface area contributed by atoms with Gasteiger partial charge in [-0.25, -0.2) is 0 Å². The van der Waals surface area contributed by atoms with Crippen molar-refractivity contribution in [2.45, 2.75) is 31.8 Å². The smallest absolute Gasteiger partial charge is 0.220 e. The van der Waals surface area contributed by atoms with Crippen molar-refractivity contribution >= 4 is 40.7 Å². The van der Waals surface area contributed by atoms with Crippen molar-refractivity contribution in [2.75, 3.05) is 6.54 Å². The van der Waals surface area contributed by atoms with Crippen LogP contribution in [0.2, 0.25) is 15.1 Å². The van der Waals surface area contributed by atoms with Crippen LogP contribution in [0.5, 0.6) is 0 Å². The zero-order chi connectivity index (χ0) is 14.0. The molecule has 1 fully saturated rings. The summed E-state index contributed by atoms with van der Waals surface area (Å²) >= 11 is 18.1. The lowest BCUT2D eigenvalue weighted by Crippen LogP contribution is -2.36. The highest BCUT2D eigenvalue weighted by Crippen LogP contribution is 2.35. The summed E-state index contributed by atoms with van der Waals surface area (Å²) in [4.78, 5) is 11.1. The summed E-state index contributed by atoms with van der Waals surface area (Å²) in [6.45, 7) is 2.71. The first-order chi connectivity index (χ1) is 8.99. The molecule has 0 spiro atoms. The zero-order valence-electron chi connectivity index (χ0n) is 10.5. The third kappa shape index (κ3) is 3.54. The van der Waals surface area contributed by atoms with Crippen LogP contribution in [0.15, 0.2) is 12.1 Å². The minimum Gasteiger partial charge on any atom is -0.352 e. The summed E-state index contributed by atoms with van der Waals surface area (Å²) in [6.07, 6.45) is 1.47. The van der Waals surface area contributed by atoms with Gasteiger partial charge in [0.1, 0.15) is 0 Å². The van der Waals surface area contributed by atoms with Gasteiger partial charge in [-0.1, -0.05) is 40.9 Å². The van der Waals surface area contributed by atoms with Gasteiger partial charge in [0.2, 0.25) is 5.91 Å². The van der Waals surface area contributed by atoms with Gasteiger partial charge in [-0.2, -0.15) is 0 Å². The van der Waals surface area contributed by atoms with E-state index in [0.29, 0.717) is 28.0 Å². The number of hydrogen-bond donors (Lipinski definition) is 2. The first-order valence-electron chi connectivity index (χ1n) is 6.15. The lowest BCUT2D eigenvalue weighted by atomic mass is 10.1. The highest BCUT2D eigenvalue weighted by Gasteiger charge is 2.21. The Morgan fingerprint density at radius 3 is 2.74 bits per heavy atom. The third-order valence-corrected chi connectivity index (χ3v) is 4.60. The van der Waals surface area contributed by atoms with Gasteiger partial charge in [0, 0.05) is 25.0 Å². The summed E-state index contributed by atoms with van der Waals surface area (Å²) in [5.74, 6) is 0.118. The number of hydrogen-bond acceptors (Lipinski definition) is 2. The molecule has 1 aromatic rings. The molecule has 104 valence electrons. The number of amides is 1. The molecule has 2 unspecified atom stereocenters. The average molecular weight is 322 g/mol. The van der Waals surface area contributed by atoms with E-state index < -0.39 is 0 Å². The van der Waals surface area contributed by atoms with E-state index in [-0.39, 0.29) is 18.0 Å². The Bertz CT molecular complexity index is 493. The molecule has 1 aliphatic rings. The van der Waals surface area contributed by atoms with Gasteiger partial charge in [0.25, 0.3) is 0 Å². The maximum absolute atomic E-state index is 11.1. The Balaban J connectivity index is 1.98. The normalized spacial score (nSPS) is 20.4. The molecular weight excluding hydrogens is 307 g/mol. The van der Waals surface area contributed by atoms with Gasteiger partial charge in [-0.15, -0.1) is 0 Å². The van der Waals surface area contributed by atoms with E-state index in [1.165, 1.54) is 0 Å². The molecule has 1 aliphatic heterocycles. The number of rotatable bonds is 4. The molecule has 2 atom stereocenters. The number of nitrogens with one attached hydrogen (secondary N) is 2. The molecule has 2 rings (SSSR count). The van der Waals surface area contributed by atoms with Gasteiger partial charge in [-0.05, 0) is 25.0 Å². The number of halogens is 3.